The summed E-state index contributed by atoms with van der Waals surface area (Å²) >= 11 is 0. The fourth-order valence-electron chi connectivity index (χ4n) is 1.53. The highest BCUT2D eigenvalue weighted by molar-refractivity contribution is 5.99. The summed E-state index contributed by atoms with van der Waals surface area (Å²) in [6.45, 7) is 0. The summed E-state index contributed by atoms with van der Waals surface area (Å²) < 4.78 is 15.2. The number of furan rings is 1. The van der Waals surface area contributed by atoms with Crippen molar-refractivity contribution in [1.82, 2.24) is 0 Å². The van der Waals surface area contributed by atoms with E-state index in [-0.39, 0.29) is 11.5 Å². The molecule has 0 aliphatic carbocycles. The minimum absolute atomic E-state index is 0.245. The summed E-state index contributed by atoms with van der Waals surface area (Å²) in [6.07, 6.45) is -0.916. The van der Waals surface area contributed by atoms with Crippen LogP contribution in [0.5, 0.6) is 0 Å². The Labute approximate surface area is 92.8 Å². The third-order valence-corrected chi connectivity index (χ3v) is 2.31. The van der Waals surface area contributed by atoms with Gasteiger partial charge in [-0.15, -0.1) is 0 Å². The van der Waals surface area contributed by atoms with E-state index in [1.165, 1.54) is 14.2 Å². The van der Waals surface area contributed by atoms with Gasteiger partial charge in [0.15, 0.2) is 5.76 Å². The second-order valence-corrected chi connectivity index (χ2v) is 3.32. The first-order valence-electron chi connectivity index (χ1n) is 4.84. The highest BCUT2D eigenvalue weighted by atomic mass is 16.7. The quantitative estimate of drug-likeness (QED) is 0.585. The van der Waals surface area contributed by atoms with Crippen molar-refractivity contribution in [2.75, 3.05) is 14.2 Å². The van der Waals surface area contributed by atoms with Gasteiger partial charge in [0.1, 0.15) is 5.58 Å². The van der Waals surface area contributed by atoms with Gasteiger partial charge in [-0.25, -0.2) is 0 Å². The first-order valence-corrected chi connectivity index (χ1v) is 4.84. The Balaban J connectivity index is 2.36. The summed E-state index contributed by atoms with van der Waals surface area (Å²) in [5.41, 5.74) is 0.678. The highest BCUT2D eigenvalue weighted by Gasteiger charge is 2.22. The molecule has 4 heteroatoms. The van der Waals surface area contributed by atoms with E-state index in [0.717, 1.165) is 5.39 Å². The van der Waals surface area contributed by atoms with Gasteiger partial charge in [0, 0.05) is 19.6 Å². The number of ketones is 1. The molecular weight excluding hydrogens is 208 g/mol. The largest absolute Gasteiger partial charge is 0.453 e. The van der Waals surface area contributed by atoms with Gasteiger partial charge in [0.2, 0.25) is 6.29 Å². The fraction of sp³-hybridized carbons (Fsp3) is 0.250. The van der Waals surface area contributed by atoms with Crippen LogP contribution in [0.2, 0.25) is 0 Å². The third-order valence-electron chi connectivity index (χ3n) is 2.31. The molecule has 0 fully saturated rings. The summed E-state index contributed by atoms with van der Waals surface area (Å²) in [4.78, 5) is 11.8. The molecule has 0 N–H and O–H groups in total. The van der Waals surface area contributed by atoms with Crippen molar-refractivity contribution < 1.29 is 18.7 Å². The second kappa shape index (κ2) is 4.47. The lowest BCUT2D eigenvalue weighted by Crippen LogP contribution is -2.24. The maximum Gasteiger partial charge on any atom is 0.253 e. The molecule has 2 aromatic rings. The number of carbonyl (C=O) groups excluding carboxylic acids is 1. The Morgan fingerprint density at radius 3 is 2.56 bits per heavy atom. The number of methoxy groups -OCH3 is 2. The molecule has 16 heavy (non-hydrogen) atoms. The normalized spacial score (nSPS) is 11.2. The van der Waals surface area contributed by atoms with E-state index in [9.17, 15) is 4.79 Å². The van der Waals surface area contributed by atoms with Gasteiger partial charge in [-0.05, 0) is 12.1 Å². The van der Waals surface area contributed by atoms with E-state index in [0.29, 0.717) is 5.58 Å². The molecule has 0 spiro atoms. The standard InChI is InChI=1S/C12H12O4/c1-14-12(15-2)11(13)10-7-8-5-3-4-6-9(8)16-10/h3-7,12H,1-2H3. The molecule has 0 aliphatic heterocycles. The van der Waals surface area contributed by atoms with E-state index in [1.54, 1.807) is 12.1 Å². The van der Waals surface area contributed by atoms with Crippen LogP contribution in [-0.2, 0) is 9.47 Å². The summed E-state index contributed by atoms with van der Waals surface area (Å²) in [6, 6.07) is 9.11. The van der Waals surface area contributed by atoms with Gasteiger partial charge in [-0.3, -0.25) is 4.79 Å². The fourth-order valence-corrected chi connectivity index (χ4v) is 1.53. The van der Waals surface area contributed by atoms with E-state index in [2.05, 4.69) is 0 Å². The van der Waals surface area contributed by atoms with E-state index >= 15 is 0 Å². The number of Topliss-reactive ketones (excluding diaryl/α,β-unsaturated/α-hetero) is 1. The van der Waals surface area contributed by atoms with Crippen molar-refractivity contribution in [3.63, 3.8) is 0 Å². The van der Waals surface area contributed by atoms with E-state index in [1.807, 2.05) is 18.2 Å². The van der Waals surface area contributed by atoms with Gasteiger partial charge >= 0.3 is 0 Å². The molecule has 0 unspecified atom stereocenters. The maximum absolute atomic E-state index is 11.8. The minimum Gasteiger partial charge on any atom is -0.453 e. The zero-order chi connectivity index (χ0) is 11.5. The predicted octanol–water partition coefficient (Wildman–Crippen LogP) is 2.23. The van der Waals surface area contributed by atoms with Crippen LogP contribution in [0.3, 0.4) is 0 Å². The molecule has 1 aromatic carbocycles. The molecule has 0 atom stereocenters. The molecule has 0 bridgehead atoms. The SMILES string of the molecule is COC(OC)C(=O)c1cc2ccccc2o1. The lowest BCUT2D eigenvalue weighted by atomic mass is 10.2. The van der Waals surface area contributed by atoms with Crippen molar-refractivity contribution in [2.45, 2.75) is 6.29 Å². The second-order valence-electron chi connectivity index (χ2n) is 3.32. The Hall–Kier alpha value is -1.65. The Morgan fingerprint density at radius 1 is 1.25 bits per heavy atom. The molecule has 84 valence electrons. The lowest BCUT2D eigenvalue weighted by molar-refractivity contribution is -0.0752. The summed E-state index contributed by atoms with van der Waals surface area (Å²) in [7, 11) is 2.82. The third kappa shape index (κ3) is 1.85. The Kier molecular flexibility index (Phi) is 3.03. The molecule has 0 saturated heterocycles. The van der Waals surface area contributed by atoms with E-state index < -0.39 is 6.29 Å². The zero-order valence-electron chi connectivity index (χ0n) is 9.10. The number of benzene rings is 1. The zero-order valence-corrected chi connectivity index (χ0v) is 9.10. The molecule has 1 heterocycles. The lowest BCUT2D eigenvalue weighted by Gasteiger charge is -2.09. The number of hydrogen-bond acceptors (Lipinski definition) is 4. The first-order chi connectivity index (χ1) is 7.76. The average molecular weight is 220 g/mol. The van der Waals surface area contributed by atoms with Crippen LogP contribution in [-0.4, -0.2) is 26.3 Å². The van der Waals surface area contributed by atoms with Crippen molar-refractivity contribution in [3.8, 4) is 0 Å². The number of para-hydroxylation sites is 1. The first kappa shape index (κ1) is 10.9. The van der Waals surface area contributed by atoms with Crippen LogP contribution >= 0.6 is 0 Å². The van der Waals surface area contributed by atoms with Crippen molar-refractivity contribution in [1.29, 1.82) is 0 Å². The number of fused-ring (bicyclic) bond motifs is 1. The molecule has 2 rings (SSSR count). The van der Waals surface area contributed by atoms with Gasteiger partial charge < -0.3 is 13.9 Å². The number of hydrogen-bond donors (Lipinski definition) is 0. The minimum atomic E-state index is -0.916. The van der Waals surface area contributed by atoms with E-state index in [4.69, 9.17) is 13.9 Å². The summed E-state index contributed by atoms with van der Waals surface area (Å²) in [5.74, 6) is -0.0731. The van der Waals surface area contributed by atoms with Crippen molar-refractivity contribution >= 4 is 16.8 Å². The van der Waals surface area contributed by atoms with Gasteiger partial charge in [0.25, 0.3) is 5.78 Å². The van der Waals surface area contributed by atoms with Gasteiger partial charge in [-0.2, -0.15) is 0 Å². The molecule has 4 nitrogen and oxygen atoms in total. The smallest absolute Gasteiger partial charge is 0.253 e. The topological polar surface area (TPSA) is 48.7 Å². The molecule has 0 saturated carbocycles. The van der Waals surface area contributed by atoms with Crippen LogP contribution < -0.4 is 0 Å². The van der Waals surface area contributed by atoms with Crippen LogP contribution in [0.25, 0.3) is 11.0 Å². The van der Waals surface area contributed by atoms with Crippen molar-refractivity contribution in [3.05, 3.63) is 36.1 Å². The predicted molar refractivity (Wildman–Crippen MR) is 58.4 cm³/mol. The van der Waals surface area contributed by atoms with Gasteiger partial charge in [0.05, 0.1) is 0 Å². The highest BCUT2D eigenvalue weighted by Crippen LogP contribution is 2.20. The summed E-state index contributed by atoms with van der Waals surface area (Å²) in [5, 5.41) is 0.886. The van der Waals surface area contributed by atoms with Crippen LogP contribution in [0.1, 0.15) is 10.6 Å². The van der Waals surface area contributed by atoms with Crippen LogP contribution in [0.15, 0.2) is 34.7 Å². The monoisotopic (exact) mass is 220 g/mol. The number of carbonyl (C=O) groups is 1. The number of ether oxygens (including phenoxy) is 2. The van der Waals surface area contributed by atoms with Gasteiger partial charge in [-0.1, -0.05) is 18.2 Å². The molecular formula is C12H12O4. The Morgan fingerprint density at radius 2 is 1.94 bits per heavy atom. The molecule has 0 radical (unpaired) electrons. The molecule has 0 amide bonds. The average Bonchev–Trinajstić information content (AvgIpc) is 2.74. The van der Waals surface area contributed by atoms with Crippen LogP contribution in [0.4, 0.5) is 0 Å². The molecule has 0 aliphatic rings. The maximum atomic E-state index is 11.8. The van der Waals surface area contributed by atoms with Crippen molar-refractivity contribution in [2.24, 2.45) is 0 Å². The number of rotatable bonds is 4. The van der Waals surface area contributed by atoms with Crippen LogP contribution in [0, 0.1) is 0 Å². The Bertz CT molecular complexity index is 463. The molecule has 1 aromatic heterocycles.